The van der Waals surface area contributed by atoms with E-state index in [0.717, 1.165) is 11.1 Å². The summed E-state index contributed by atoms with van der Waals surface area (Å²) in [7, 11) is 0. The third kappa shape index (κ3) is 5.27. The van der Waals surface area contributed by atoms with Crippen LogP contribution < -0.4 is 5.73 Å². The van der Waals surface area contributed by atoms with E-state index in [4.69, 9.17) is 5.73 Å². The van der Waals surface area contributed by atoms with Gasteiger partial charge in [-0.2, -0.15) is 0 Å². The number of aryl methyl sites for hydroxylation is 1. The first kappa shape index (κ1) is 23.1. The van der Waals surface area contributed by atoms with E-state index in [9.17, 15) is 0 Å². The summed E-state index contributed by atoms with van der Waals surface area (Å²) in [5, 5.41) is 0. The molecule has 168 valence electrons. The first-order valence-corrected chi connectivity index (χ1v) is 11.6. The molecule has 4 aromatic rings. The van der Waals surface area contributed by atoms with Crippen LogP contribution >= 0.6 is 0 Å². The van der Waals surface area contributed by atoms with E-state index < -0.39 is 0 Å². The lowest BCUT2D eigenvalue weighted by Gasteiger charge is -2.30. The number of nitrogens with two attached hydrogens (primary N) is 1. The highest BCUT2D eigenvalue weighted by molar-refractivity contribution is 5.77. The Morgan fingerprint density at radius 2 is 1.29 bits per heavy atom. The van der Waals surface area contributed by atoms with Crippen LogP contribution in [0.3, 0.4) is 0 Å². The molecule has 1 heteroatoms. The molecule has 0 aliphatic heterocycles. The third-order valence-electron chi connectivity index (χ3n) is 6.19. The molecule has 0 saturated heterocycles. The molecule has 0 saturated carbocycles. The number of rotatable bonds is 7. The predicted octanol–water partition coefficient (Wildman–Crippen LogP) is 8.08. The summed E-state index contributed by atoms with van der Waals surface area (Å²) >= 11 is 0. The van der Waals surface area contributed by atoms with Crippen LogP contribution in [0.5, 0.6) is 0 Å². The van der Waals surface area contributed by atoms with E-state index in [1.807, 2.05) is 12.1 Å². The maximum atomic E-state index is 5.90. The van der Waals surface area contributed by atoms with Gasteiger partial charge in [-0.15, -0.1) is 0 Å². The quantitative estimate of drug-likeness (QED) is 0.288. The van der Waals surface area contributed by atoms with E-state index in [-0.39, 0.29) is 5.41 Å². The van der Waals surface area contributed by atoms with E-state index in [2.05, 4.69) is 136 Å². The fraction of sp³-hybridized carbons (Fsp3) is 0.0909. The van der Waals surface area contributed by atoms with Crippen molar-refractivity contribution in [2.24, 2.45) is 5.73 Å². The van der Waals surface area contributed by atoms with Crippen LogP contribution in [0.4, 0.5) is 0 Å². The van der Waals surface area contributed by atoms with E-state index in [1.54, 1.807) is 0 Å². The molecule has 0 fully saturated rings. The Kier molecular flexibility index (Phi) is 6.94. The first-order valence-electron chi connectivity index (χ1n) is 11.6. The van der Waals surface area contributed by atoms with Gasteiger partial charge in [-0.3, -0.25) is 0 Å². The van der Waals surface area contributed by atoms with Crippen LogP contribution in [0.2, 0.25) is 0 Å². The lowest BCUT2D eigenvalue weighted by atomic mass is 9.73. The molecule has 2 N–H and O–H groups in total. The molecule has 0 amide bonds. The van der Waals surface area contributed by atoms with Gasteiger partial charge in [0.15, 0.2) is 0 Å². The SMILES string of the molecule is C=C(N)/C=C\C(=C/C(C)(c1ccccc1)c1cc(C)cc(-c2ccccc2)c1)c1ccccc1. The summed E-state index contributed by atoms with van der Waals surface area (Å²) in [6.07, 6.45) is 6.28. The Morgan fingerprint density at radius 3 is 1.91 bits per heavy atom. The molecule has 0 aliphatic rings. The Balaban J connectivity index is 1.96. The van der Waals surface area contributed by atoms with Crippen molar-refractivity contribution in [3.63, 3.8) is 0 Å². The second kappa shape index (κ2) is 10.2. The van der Waals surface area contributed by atoms with Crippen molar-refractivity contribution in [2.45, 2.75) is 19.3 Å². The third-order valence-corrected chi connectivity index (χ3v) is 6.19. The molecule has 1 nitrogen and oxygen atoms in total. The minimum atomic E-state index is -0.373. The Hall–Kier alpha value is -4.10. The summed E-state index contributed by atoms with van der Waals surface area (Å²) in [5.74, 6) is 0. The average Bonchev–Trinajstić information content (AvgIpc) is 2.87. The van der Waals surface area contributed by atoms with Crippen LogP contribution in [-0.4, -0.2) is 0 Å². The first-order chi connectivity index (χ1) is 16.5. The molecule has 1 unspecified atom stereocenters. The Bertz CT molecular complexity index is 1320. The maximum Gasteiger partial charge on any atom is 0.0362 e. The minimum absolute atomic E-state index is 0.373. The van der Waals surface area contributed by atoms with Gasteiger partial charge in [0.25, 0.3) is 0 Å². The highest BCUT2D eigenvalue weighted by Crippen LogP contribution is 2.39. The molecule has 0 radical (unpaired) electrons. The summed E-state index contributed by atoms with van der Waals surface area (Å²) in [4.78, 5) is 0. The molecule has 34 heavy (non-hydrogen) atoms. The number of benzene rings is 4. The van der Waals surface area contributed by atoms with E-state index >= 15 is 0 Å². The van der Waals surface area contributed by atoms with Crippen LogP contribution in [0.15, 0.2) is 140 Å². The largest absolute Gasteiger partial charge is 0.399 e. The average molecular weight is 442 g/mol. The molecule has 0 aliphatic carbocycles. The highest BCUT2D eigenvalue weighted by Gasteiger charge is 2.28. The molecule has 0 heterocycles. The van der Waals surface area contributed by atoms with Gasteiger partial charge in [0.2, 0.25) is 0 Å². The summed E-state index contributed by atoms with van der Waals surface area (Å²) < 4.78 is 0. The molecular weight excluding hydrogens is 410 g/mol. The van der Waals surface area contributed by atoms with Crippen molar-refractivity contribution >= 4 is 5.57 Å². The van der Waals surface area contributed by atoms with Crippen LogP contribution in [0.1, 0.15) is 29.2 Å². The van der Waals surface area contributed by atoms with Crippen molar-refractivity contribution < 1.29 is 0 Å². The zero-order valence-electron chi connectivity index (χ0n) is 19.9. The molecule has 4 rings (SSSR count). The van der Waals surface area contributed by atoms with Crippen molar-refractivity contribution in [2.75, 3.05) is 0 Å². The standard InChI is InChI=1S/C33H31N/c1-25-21-30(28-15-9-5-10-16-28)23-32(22-25)33(3,31-17-11-6-12-18-31)24-29(20-19-26(2)34)27-13-7-4-8-14-27/h4-24H,2,34H2,1,3H3/b20-19-,29-24+. The topological polar surface area (TPSA) is 26.0 Å². The molecule has 4 aromatic carbocycles. The van der Waals surface area contributed by atoms with E-state index in [1.165, 1.54) is 27.8 Å². The zero-order valence-corrected chi connectivity index (χ0v) is 19.9. The Labute approximate surface area is 203 Å². The molecular formula is C33H31N. The lowest BCUT2D eigenvalue weighted by Crippen LogP contribution is -2.22. The van der Waals surface area contributed by atoms with Gasteiger partial charge in [0, 0.05) is 11.1 Å². The van der Waals surface area contributed by atoms with Gasteiger partial charge in [0.05, 0.1) is 0 Å². The number of allylic oxidation sites excluding steroid dienone is 4. The van der Waals surface area contributed by atoms with Gasteiger partial charge in [-0.25, -0.2) is 0 Å². The number of hydrogen-bond donors (Lipinski definition) is 1. The van der Waals surface area contributed by atoms with Gasteiger partial charge in [-0.05, 0) is 59.4 Å². The van der Waals surface area contributed by atoms with Crippen molar-refractivity contribution in [1.82, 2.24) is 0 Å². The van der Waals surface area contributed by atoms with Crippen LogP contribution in [0.25, 0.3) is 16.7 Å². The van der Waals surface area contributed by atoms with Crippen molar-refractivity contribution in [3.8, 4) is 11.1 Å². The maximum absolute atomic E-state index is 5.90. The van der Waals surface area contributed by atoms with Crippen LogP contribution in [-0.2, 0) is 5.41 Å². The minimum Gasteiger partial charge on any atom is -0.399 e. The second-order valence-electron chi connectivity index (χ2n) is 8.90. The molecule has 0 spiro atoms. The second-order valence-corrected chi connectivity index (χ2v) is 8.90. The van der Waals surface area contributed by atoms with Crippen molar-refractivity contribution in [1.29, 1.82) is 0 Å². The zero-order chi connectivity index (χ0) is 24.0. The fourth-order valence-corrected chi connectivity index (χ4v) is 4.36. The normalized spacial score (nSPS) is 13.5. The Morgan fingerprint density at radius 1 is 0.706 bits per heavy atom. The monoisotopic (exact) mass is 441 g/mol. The lowest BCUT2D eigenvalue weighted by molar-refractivity contribution is 0.725. The fourth-order valence-electron chi connectivity index (χ4n) is 4.36. The van der Waals surface area contributed by atoms with Gasteiger partial charge < -0.3 is 5.73 Å². The summed E-state index contributed by atoms with van der Waals surface area (Å²) in [5.41, 5.74) is 14.4. The van der Waals surface area contributed by atoms with E-state index in [0.29, 0.717) is 5.70 Å². The summed E-state index contributed by atoms with van der Waals surface area (Å²) in [6.45, 7) is 8.31. The van der Waals surface area contributed by atoms with Gasteiger partial charge in [-0.1, -0.05) is 127 Å². The van der Waals surface area contributed by atoms with Gasteiger partial charge >= 0.3 is 0 Å². The summed E-state index contributed by atoms with van der Waals surface area (Å²) in [6, 6.07) is 38.5. The molecule has 0 aromatic heterocycles. The van der Waals surface area contributed by atoms with Crippen LogP contribution in [0, 0.1) is 6.92 Å². The smallest absolute Gasteiger partial charge is 0.0362 e. The predicted molar refractivity (Wildman–Crippen MR) is 146 cm³/mol. The highest BCUT2D eigenvalue weighted by atomic mass is 14.5. The molecule has 1 atom stereocenters. The van der Waals surface area contributed by atoms with Crippen molar-refractivity contribution in [3.05, 3.63) is 162 Å². The number of hydrogen-bond acceptors (Lipinski definition) is 1. The molecule has 0 bridgehead atoms. The van der Waals surface area contributed by atoms with Gasteiger partial charge in [0.1, 0.15) is 0 Å².